The van der Waals surface area contributed by atoms with Crippen molar-refractivity contribution in [3.8, 4) is 33.8 Å². The molecule has 0 fully saturated rings. The van der Waals surface area contributed by atoms with Crippen molar-refractivity contribution in [1.29, 1.82) is 0 Å². The molecular formula is C44H29N3. The van der Waals surface area contributed by atoms with Crippen LogP contribution in [0.3, 0.4) is 0 Å². The van der Waals surface area contributed by atoms with Crippen LogP contribution < -0.4 is 10.4 Å². The lowest BCUT2D eigenvalue weighted by atomic mass is 9.93. The maximum absolute atomic E-state index is 5.38. The van der Waals surface area contributed by atoms with Crippen LogP contribution in [0.25, 0.3) is 84.1 Å². The number of aromatic nitrogens is 3. The summed E-state index contributed by atoms with van der Waals surface area (Å²) < 4.78 is 0. The van der Waals surface area contributed by atoms with Gasteiger partial charge in [-0.05, 0) is 51.6 Å². The molecule has 8 aromatic rings. The summed E-state index contributed by atoms with van der Waals surface area (Å²) in [4.78, 5) is 15.7. The topological polar surface area (TPSA) is 38.7 Å². The second-order valence-corrected chi connectivity index (χ2v) is 12.0. The molecule has 3 aromatic heterocycles. The van der Waals surface area contributed by atoms with Crippen LogP contribution >= 0.6 is 0 Å². The van der Waals surface area contributed by atoms with Gasteiger partial charge >= 0.3 is 0 Å². The Balaban J connectivity index is 1.36. The normalized spacial score (nSPS) is 12.6. The van der Waals surface area contributed by atoms with E-state index in [0.717, 1.165) is 72.8 Å². The third-order valence-corrected chi connectivity index (χ3v) is 9.15. The smallest absolute Gasteiger partial charge is 0.0979 e. The Bertz CT molecular complexity index is 2640. The van der Waals surface area contributed by atoms with Crippen molar-refractivity contribution in [3.05, 3.63) is 168 Å². The first-order valence-electron chi connectivity index (χ1n) is 16.0. The highest BCUT2D eigenvalue weighted by Crippen LogP contribution is 2.39. The molecule has 0 N–H and O–H groups in total. The number of allylic oxidation sites excluding steroid dienone is 2. The van der Waals surface area contributed by atoms with Crippen LogP contribution in [0.4, 0.5) is 0 Å². The Labute approximate surface area is 272 Å². The summed E-state index contributed by atoms with van der Waals surface area (Å²) in [6.07, 6.45) is 9.62. The van der Waals surface area contributed by atoms with E-state index in [-0.39, 0.29) is 0 Å². The molecule has 0 bridgehead atoms. The molecule has 47 heavy (non-hydrogen) atoms. The molecule has 3 heterocycles. The van der Waals surface area contributed by atoms with Crippen LogP contribution in [0, 0.1) is 0 Å². The number of nitrogens with zero attached hydrogens (tertiary/aromatic N) is 3. The molecule has 0 saturated heterocycles. The van der Waals surface area contributed by atoms with Gasteiger partial charge in [-0.2, -0.15) is 0 Å². The average molecular weight is 600 g/mol. The zero-order chi connectivity index (χ0) is 31.2. The van der Waals surface area contributed by atoms with Gasteiger partial charge in [-0.15, -0.1) is 0 Å². The third kappa shape index (κ3) is 4.90. The van der Waals surface area contributed by atoms with Gasteiger partial charge in [-0.1, -0.05) is 140 Å². The molecule has 0 saturated carbocycles. The van der Waals surface area contributed by atoms with Crippen molar-refractivity contribution >= 4 is 50.3 Å². The van der Waals surface area contributed by atoms with Crippen molar-refractivity contribution in [2.24, 2.45) is 0 Å². The molecular weight excluding hydrogens is 571 g/mol. The number of hydrogen-bond acceptors (Lipinski definition) is 3. The van der Waals surface area contributed by atoms with E-state index < -0.39 is 0 Å². The Morgan fingerprint density at radius 2 is 1.02 bits per heavy atom. The lowest BCUT2D eigenvalue weighted by Gasteiger charge is -2.16. The van der Waals surface area contributed by atoms with Crippen molar-refractivity contribution < 1.29 is 0 Å². The predicted octanol–water partition coefficient (Wildman–Crippen LogP) is 9.38. The van der Waals surface area contributed by atoms with Gasteiger partial charge < -0.3 is 0 Å². The number of rotatable bonds is 4. The minimum Gasteiger partial charge on any atom is -0.256 e. The first-order chi connectivity index (χ1) is 23.3. The largest absolute Gasteiger partial charge is 0.256 e. The van der Waals surface area contributed by atoms with Gasteiger partial charge in [-0.3, -0.25) is 4.98 Å². The van der Waals surface area contributed by atoms with E-state index >= 15 is 0 Å². The molecule has 3 heteroatoms. The van der Waals surface area contributed by atoms with Crippen molar-refractivity contribution in [2.75, 3.05) is 0 Å². The lowest BCUT2D eigenvalue weighted by molar-refractivity contribution is 1.33. The number of fused-ring (bicyclic) bond motifs is 5. The average Bonchev–Trinajstić information content (AvgIpc) is 3.37. The van der Waals surface area contributed by atoms with E-state index in [1.807, 2.05) is 18.3 Å². The van der Waals surface area contributed by atoms with Gasteiger partial charge in [0, 0.05) is 39.0 Å². The summed E-state index contributed by atoms with van der Waals surface area (Å²) >= 11 is 0. The monoisotopic (exact) mass is 599 g/mol. The van der Waals surface area contributed by atoms with Crippen LogP contribution in [0.5, 0.6) is 0 Å². The molecule has 0 radical (unpaired) electrons. The number of benzene rings is 5. The fraction of sp³-hybridized carbons (Fsp3) is 0.0227. The quantitative estimate of drug-likeness (QED) is 0.189. The highest BCUT2D eigenvalue weighted by molar-refractivity contribution is 6.12. The molecule has 9 rings (SSSR count). The molecule has 0 atom stereocenters. The summed E-state index contributed by atoms with van der Waals surface area (Å²) in [6, 6.07) is 48.8. The zero-order valence-electron chi connectivity index (χ0n) is 25.6. The highest BCUT2D eigenvalue weighted by Gasteiger charge is 2.18. The SMILES string of the molecule is C1=C(c2cc(-c3ccccc3)nc3c2ccc2c(-c4cc5ccccc5cn4)cc(-c4ccccc4)nc23)CC=c2ccccc2=C1. The standard InChI is InChI=1S/C44H29N3/c1-3-13-32(14-4-1)40-26-38(31-21-19-29-11-7-8-12-30(29)20-22-31)36-23-24-37-39(42-25-34-17-9-10-18-35(34)28-45-42)27-41(33-15-5-2-6-16-33)47-44(37)43(36)46-40/h1-21,23-28H,22H2. The minimum absolute atomic E-state index is 0.822. The molecule has 1 aliphatic carbocycles. The number of hydrogen-bond donors (Lipinski definition) is 0. The molecule has 3 nitrogen and oxygen atoms in total. The fourth-order valence-corrected chi connectivity index (χ4v) is 6.72. The van der Waals surface area contributed by atoms with E-state index in [1.54, 1.807) is 0 Å². The lowest BCUT2D eigenvalue weighted by Crippen LogP contribution is -2.22. The van der Waals surface area contributed by atoms with E-state index in [4.69, 9.17) is 15.0 Å². The molecule has 0 spiro atoms. The summed E-state index contributed by atoms with van der Waals surface area (Å²) in [7, 11) is 0. The van der Waals surface area contributed by atoms with Gasteiger partial charge in [0.05, 0.1) is 28.1 Å². The van der Waals surface area contributed by atoms with Crippen molar-refractivity contribution in [1.82, 2.24) is 15.0 Å². The zero-order valence-corrected chi connectivity index (χ0v) is 25.6. The van der Waals surface area contributed by atoms with Crippen molar-refractivity contribution in [3.63, 3.8) is 0 Å². The van der Waals surface area contributed by atoms with Crippen molar-refractivity contribution in [2.45, 2.75) is 6.42 Å². The molecule has 220 valence electrons. The van der Waals surface area contributed by atoms with E-state index in [9.17, 15) is 0 Å². The Hall–Kier alpha value is -6.19. The Kier molecular flexibility index (Phi) is 6.53. The minimum atomic E-state index is 0.822. The fourth-order valence-electron chi connectivity index (χ4n) is 6.72. The van der Waals surface area contributed by atoms with Gasteiger partial charge in [0.2, 0.25) is 0 Å². The summed E-state index contributed by atoms with van der Waals surface area (Å²) in [6.45, 7) is 0. The summed E-state index contributed by atoms with van der Waals surface area (Å²) in [5.74, 6) is 0. The maximum atomic E-state index is 5.38. The van der Waals surface area contributed by atoms with Gasteiger partial charge in [0.25, 0.3) is 0 Å². The van der Waals surface area contributed by atoms with E-state index in [1.165, 1.54) is 21.6 Å². The first kappa shape index (κ1) is 27.1. The molecule has 0 aliphatic heterocycles. The third-order valence-electron chi connectivity index (χ3n) is 9.15. The molecule has 5 aromatic carbocycles. The van der Waals surface area contributed by atoms with Gasteiger partial charge in [0.1, 0.15) is 0 Å². The molecule has 1 aliphatic rings. The molecule has 0 unspecified atom stereocenters. The second-order valence-electron chi connectivity index (χ2n) is 12.0. The van der Waals surface area contributed by atoms with E-state index in [2.05, 4.69) is 146 Å². The van der Waals surface area contributed by atoms with Gasteiger partial charge in [0.15, 0.2) is 0 Å². The van der Waals surface area contributed by atoms with Crippen LogP contribution in [0.1, 0.15) is 12.0 Å². The maximum Gasteiger partial charge on any atom is 0.0979 e. The van der Waals surface area contributed by atoms with Gasteiger partial charge in [-0.25, -0.2) is 9.97 Å². The highest BCUT2D eigenvalue weighted by atomic mass is 14.8. The number of pyridine rings is 3. The molecule has 0 amide bonds. The van der Waals surface area contributed by atoms with Crippen LogP contribution in [-0.2, 0) is 0 Å². The summed E-state index contributed by atoms with van der Waals surface area (Å²) in [5.41, 5.74) is 10.1. The Morgan fingerprint density at radius 1 is 0.447 bits per heavy atom. The summed E-state index contributed by atoms with van der Waals surface area (Å²) in [5, 5.41) is 6.89. The first-order valence-corrected chi connectivity index (χ1v) is 16.0. The van der Waals surface area contributed by atoms with E-state index in [0.29, 0.717) is 0 Å². The second kappa shape index (κ2) is 11.3. The van der Waals surface area contributed by atoms with Crippen LogP contribution in [-0.4, -0.2) is 15.0 Å². The Morgan fingerprint density at radius 3 is 1.72 bits per heavy atom. The predicted molar refractivity (Wildman–Crippen MR) is 196 cm³/mol. The van der Waals surface area contributed by atoms with Crippen LogP contribution in [0.2, 0.25) is 0 Å². The van der Waals surface area contributed by atoms with Crippen LogP contribution in [0.15, 0.2) is 152 Å².